The van der Waals surface area contributed by atoms with Gasteiger partial charge >= 0.3 is 0 Å². The van der Waals surface area contributed by atoms with Crippen molar-refractivity contribution in [2.75, 3.05) is 0 Å². The Morgan fingerprint density at radius 1 is 0.686 bits per heavy atom. The Morgan fingerprint density at radius 2 is 1.09 bits per heavy atom. The molecule has 0 spiro atoms. The SMILES string of the molecule is CC(C)(C)c1ccc2c(c1)-c1cc(C(C)(C)C)ccc1C2[Si](C)(C)NC12CC3CC(CC(C3)C1)C2. The van der Waals surface area contributed by atoms with Gasteiger partial charge in [-0.25, -0.2) is 0 Å². The number of hydrogen-bond acceptors (Lipinski definition) is 1. The first-order valence-corrected chi connectivity index (χ1v) is 17.4. The normalized spacial score (nSPS) is 30.0. The maximum atomic E-state index is 4.55. The first-order chi connectivity index (χ1) is 16.2. The van der Waals surface area contributed by atoms with E-state index in [2.05, 4.69) is 96.0 Å². The van der Waals surface area contributed by atoms with Crippen molar-refractivity contribution in [1.29, 1.82) is 0 Å². The Labute approximate surface area is 215 Å². The highest BCUT2D eigenvalue weighted by molar-refractivity contribution is 6.77. The summed E-state index contributed by atoms with van der Waals surface area (Å²) in [6, 6.07) is 14.9. The molecule has 188 valence electrons. The van der Waals surface area contributed by atoms with Crippen LogP contribution in [0.1, 0.15) is 108 Å². The first-order valence-electron chi connectivity index (χ1n) is 14.3. The van der Waals surface area contributed by atoms with Gasteiger partial charge in [-0.2, -0.15) is 0 Å². The molecule has 4 saturated carbocycles. The minimum absolute atomic E-state index is 0.166. The Hall–Kier alpha value is -1.38. The van der Waals surface area contributed by atoms with E-state index in [1.807, 2.05) is 0 Å². The largest absolute Gasteiger partial charge is 0.331 e. The second kappa shape index (κ2) is 7.57. The zero-order valence-corrected chi connectivity index (χ0v) is 24.5. The average Bonchev–Trinajstić information content (AvgIpc) is 3.04. The van der Waals surface area contributed by atoms with Crippen LogP contribution in [0.5, 0.6) is 0 Å². The zero-order valence-electron chi connectivity index (χ0n) is 23.5. The summed E-state index contributed by atoms with van der Waals surface area (Å²) in [7, 11) is -1.83. The third kappa shape index (κ3) is 3.98. The topological polar surface area (TPSA) is 12.0 Å². The van der Waals surface area contributed by atoms with Gasteiger partial charge in [0.2, 0.25) is 0 Å². The molecule has 1 N–H and O–H groups in total. The molecule has 2 heteroatoms. The van der Waals surface area contributed by atoms with Crippen LogP contribution in [0.15, 0.2) is 36.4 Å². The summed E-state index contributed by atoms with van der Waals surface area (Å²) in [5.41, 5.74) is 10.4. The van der Waals surface area contributed by atoms with Crippen molar-refractivity contribution >= 4 is 8.24 Å². The molecule has 0 saturated heterocycles. The van der Waals surface area contributed by atoms with Gasteiger partial charge in [0.25, 0.3) is 0 Å². The molecule has 2 aromatic rings. The molecule has 5 aliphatic rings. The number of rotatable bonds is 3. The second-order valence-corrected chi connectivity index (χ2v) is 19.9. The standard InChI is InChI=1S/C33H47NSi/c1-31(2,3)24-9-11-26-28(16-24)29-17-25(32(4,5)6)10-12-27(29)30(26)35(7,8)34-33-18-21-13-22(19-33)15-23(14-21)20-33/h9-12,16-17,21-23,30,34H,13-15,18-20H2,1-8H3. The Balaban J connectivity index is 1.44. The molecule has 2 aromatic carbocycles. The van der Waals surface area contributed by atoms with Crippen LogP contribution >= 0.6 is 0 Å². The molecule has 0 aliphatic heterocycles. The highest BCUT2D eigenvalue weighted by atomic mass is 28.3. The van der Waals surface area contributed by atoms with E-state index in [1.54, 1.807) is 11.1 Å². The fourth-order valence-electron chi connectivity index (χ4n) is 8.98. The third-order valence-corrected chi connectivity index (χ3v) is 13.3. The van der Waals surface area contributed by atoms with Crippen LogP contribution in [0.25, 0.3) is 11.1 Å². The van der Waals surface area contributed by atoms with Gasteiger partial charge in [0.05, 0.1) is 0 Å². The van der Waals surface area contributed by atoms with Crippen molar-refractivity contribution in [3.05, 3.63) is 58.7 Å². The predicted octanol–water partition coefficient (Wildman–Crippen LogP) is 8.70. The lowest BCUT2D eigenvalue weighted by atomic mass is 9.53. The van der Waals surface area contributed by atoms with E-state index >= 15 is 0 Å². The lowest BCUT2D eigenvalue weighted by molar-refractivity contribution is -0.00983. The van der Waals surface area contributed by atoms with Gasteiger partial charge < -0.3 is 4.98 Å². The van der Waals surface area contributed by atoms with Gasteiger partial charge in [0.15, 0.2) is 0 Å². The molecule has 0 aromatic heterocycles. The van der Waals surface area contributed by atoms with Crippen LogP contribution in [0, 0.1) is 17.8 Å². The summed E-state index contributed by atoms with van der Waals surface area (Å²) < 4.78 is 0. The van der Waals surface area contributed by atoms with Crippen molar-refractivity contribution in [3.63, 3.8) is 0 Å². The lowest BCUT2D eigenvalue weighted by Crippen LogP contribution is -2.67. The van der Waals surface area contributed by atoms with Gasteiger partial charge in [-0.1, -0.05) is 91.0 Å². The van der Waals surface area contributed by atoms with E-state index in [-0.39, 0.29) is 10.8 Å². The number of fused-ring (bicyclic) bond motifs is 3. The predicted molar refractivity (Wildman–Crippen MR) is 153 cm³/mol. The summed E-state index contributed by atoms with van der Waals surface area (Å²) >= 11 is 0. The molecule has 4 bridgehead atoms. The molecule has 0 heterocycles. The van der Waals surface area contributed by atoms with Crippen LogP contribution in [0.4, 0.5) is 0 Å². The minimum Gasteiger partial charge on any atom is -0.331 e. The summed E-state index contributed by atoms with van der Waals surface area (Å²) in [6.45, 7) is 19.4. The van der Waals surface area contributed by atoms with E-state index in [9.17, 15) is 0 Å². The number of hydrogen-bond donors (Lipinski definition) is 1. The lowest BCUT2D eigenvalue weighted by Gasteiger charge is -2.59. The summed E-state index contributed by atoms with van der Waals surface area (Å²) in [5.74, 6) is 2.97. The zero-order chi connectivity index (χ0) is 25.0. The number of nitrogens with one attached hydrogen (secondary N) is 1. The van der Waals surface area contributed by atoms with E-state index < -0.39 is 8.24 Å². The third-order valence-electron chi connectivity index (χ3n) is 10.1. The monoisotopic (exact) mass is 485 g/mol. The Morgan fingerprint density at radius 3 is 1.46 bits per heavy atom. The summed E-state index contributed by atoms with van der Waals surface area (Å²) in [4.78, 5) is 4.55. The van der Waals surface area contributed by atoms with Crippen molar-refractivity contribution in [2.45, 2.75) is 115 Å². The van der Waals surface area contributed by atoms with E-state index in [1.165, 1.54) is 60.8 Å². The molecular formula is C33H47NSi. The van der Waals surface area contributed by atoms with E-state index in [4.69, 9.17) is 0 Å². The van der Waals surface area contributed by atoms with Crippen LogP contribution in [0.2, 0.25) is 13.1 Å². The van der Waals surface area contributed by atoms with E-state index in [0.29, 0.717) is 11.1 Å². The fourth-order valence-corrected chi connectivity index (χ4v) is 12.9. The molecule has 0 radical (unpaired) electrons. The maximum Gasteiger partial charge on any atom is 0.131 e. The van der Waals surface area contributed by atoms with Gasteiger partial charge in [-0.15, -0.1) is 0 Å². The van der Waals surface area contributed by atoms with Crippen molar-refractivity contribution < 1.29 is 0 Å². The van der Waals surface area contributed by atoms with Gasteiger partial charge in [-0.3, -0.25) is 0 Å². The van der Waals surface area contributed by atoms with Crippen LogP contribution in [0.3, 0.4) is 0 Å². The quantitative estimate of drug-likeness (QED) is 0.429. The first kappa shape index (κ1) is 24.0. The average molecular weight is 486 g/mol. The van der Waals surface area contributed by atoms with Gasteiger partial charge in [0, 0.05) is 11.1 Å². The van der Waals surface area contributed by atoms with Crippen LogP contribution < -0.4 is 4.98 Å². The second-order valence-electron chi connectivity index (χ2n) is 15.6. The molecule has 4 fully saturated rings. The molecular weight excluding hydrogens is 438 g/mol. The summed E-state index contributed by atoms with van der Waals surface area (Å²) in [5, 5.41) is 0. The molecule has 35 heavy (non-hydrogen) atoms. The summed E-state index contributed by atoms with van der Waals surface area (Å²) in [6.07, 6.45) is 8.87. The maximum absolute atomic E-state index is 4.55. The van der Waals surface area contributed by atoms with Crippen molar-refractivity contribution in [2.24, 2.45) is 17.8 Å². The highest BCUT2D eigenvalue weighted by Crippen LogP contribution is 2.57. The van der Waals surface area contributed by atoms with Gasteiger partial charge in [0.1, 0.15) is 8.24 Å². The molecule has 1 nitrogen and oxygen atoms in total. The van der Waals surface area contributed by atoms with Crippen molar-refractivity contribution in [3.8, 4) is 11.1 Å². The van der Waals surface area contributed by atoms with Crippen LogP contribution in [-0.4, -0.2) is 13.8 Å². The Kier molecular flexibility index (Phi) is 5.19. The molecule has 0 unspecified atom stereocenters. The van der Waals surface area contributed by atoms with E-state index in [0.717, 1.165) is 17.8 Å². The fraction of sp³-hybridized carbons (Fsp3) is 0.636. The molecule has 0 amide bonds. The molecule has 5 aliphatic carbocycles. The number of benzene rings is 2. The smallest absolute Gasteiger partial charge is 0.131 e. The minimum atomic E-state index is -1.83. The van der Waals surface area contributed by atoms with Gasteiger partial charge in [-0.05, 0) is 100 Å². The highest BCUT2D eigenvalue weighted by Gasteiger charge is 2.54. The molecule has 7 rings (SSSR count). The van der Waals surface area contributed by atoms with Crippen molar-refractivity contribution in [1.82, 2.24) is 4.98 Å². The molecule has 0 atom stereocenters. The Bertz CT molecular complexity index is 1060. The van der Waals surface area contributed by atoms with Crippen LogP contribution in [-0.2, 0) is 10.8 Å².